The zero-order valence-electron chi connectivity index (χ0n) is 10.8. The zero-order chi connectivity index (χ0) is 13.8. The van der Waals surface area contributed by atoms with Gasteiger partial charge in [0.2, 0.25) is 0 Å². The van der Waals surface area contributed by atoms with Crippen molar-refractivity contribution < 1.29 is 8.78 Å². The summed E-state index contributed by atoms with van der Waals surface area (Å²) >= 11 is 4.75. The maximum absolute atomic E-state index is 14.1. The number of halogens is 2. The quantitative estimate of drug-likeness (QED) is 0.844. The molecule has 104 valence electrons. The van der Waals surface area contributed by atoms with Gasteiger partial charge in [0.15, 0.2) is 0 Å². The summed E-state index contributed by atoms with van der Waals surface area (Å²) < 4.78 is 28.2. The van der Waals surface area contributed by atoms with Crippen molar-refractivity contribution in [1.29, 1.82) is 0 Å². The highest BCUT2D eigenvalue weighted by atomic mass is 32.1. The lowest BCUT2D eigenvalue weighted by molar-refractivity contribution is 0.526. The fourth-order valence-electron chi connectivity index (χ4n) is 2.48. The van der Waals surface area contributed by atoms with Crippen LogP contribution in [0.15, 0.2) is 12.1 Å². The van der Waals surface area contributed by atoms with Gasteiger partial charge in [-0.2, -0.15) is 0 Å². The Balaban J connectivity index is 2.29. The van der Waals surface area contributed by atoms with Gasteiger partial charge >= 0.3 is 0 Å². The Morgan fingerprint density at radius 2 is 1.47 bits per heavy atom. The molecule has 0 saturated carbocycles. The Kier molecular flexibility index (Phi) is 4.69. The molecule has 1 fully saturated rings. The first-order valence-electron chi connectivity index (χ1n) is 6.63. The van der Waals surface area contributed by atoms with Crippen molar-refractivity contribution in [2.24, 2.45) is 5.73 Å². The van der Waals surface area contributed by atoms with Gasteiger partial charge in [0.05, 0.1) is 0 Å². The van der Waals surface area contributed by atoms with Crippen LogP contribution in [0.3, 0.4) is 0 Å². The molecule has 19 heavy (non-hydrogen) atoms. The van der Waals surface area contributed by atoms with Crippen molar-refractivity contribution in [3.8, 4) is 0 Å². The van der Waals surface area contributed by atoms with Gasteiger partial charge in [0.25, 0.3) is 0 Å². The SMILES string of the molecule is NC(=S)c1cc(F)c(N2CCCCCCC2)c(F)c1. The van der Waals surface area contributed by atoms with Gasteiger partial charge in [0.1, 0.15) is 22.3 Å². The topological polar surface area (TPSA) is 29.3 Å². The number of thiocarbonyl (C=S) groups is 1. The predicted molar refractivity (Wildman–Crippen MR) is 77.5 cm³/mol. The van der Waals surface area contributed by atoms with Gasteiger partial charge in [-0.3, -0.25) is 0 Å². The lowest BCUT2D eigenvalue weighted by atomic mass is 10.1. The fourth-order valence-corrected chi connectivity index (χ4v) is 2.60. The molecule has 1 aromatic rings. The average Bonchev–Trinajstić information content (AvgIpc) is 2.30. The van der Waals surface area contributed by atoms with E-state index in [1.165, 1.54) is 18.6 Å². The van der Waals surface area contributed by atoms with Crippen LogP contribution in [0.4, 0.5) is 14.5 Å². The van der Waals surface area contributed by atoms with Crippen LogP contribution in [-0.4, -0.2) is 18.1 Å². The van der Waals surface area contributed by atoms with Gasteiger partial charge in [-0.1, -0.05) is 31.5 Å². The van der Waals surface area contributed by atoms with Crippen LogP contribution < -0.4 is 10.6 Å². The van der Waals surface area contributed by atoms with E-state index in [4.69, 9.17) is 18.0 Å². The van der Waals surface area contributed by atoms with E-state index >= 15 is 0 Å². The Bertz CT molecular complexity index is 446. The van der Waals surface area contributed by atoms with Crippen LogP contribution in [0.2, 0.25) is 0 Å². The van der Waals surface area contributed by atoms with E-state index in [9.17, 15) is 8.78 Å². The summed E-state index contributed by atoms with van der Waals surface area (Å²) in [5.74, 6) is -1.16. The molecule has 0 spiro atoms. The monoisotopic (exact) mass is 284 g/mol. The van der Waals surface area contributed by atoms with Gasteiger partial charge < -0.3 is 10.6 Å². The summed E-state index contributed by atoms with van der Waals surface area (Å²) in [5, 5.41) is 0. The van der Waals surface area contributed by atoms with E-state index < -0.39 is 11.6 Å². The molecule has 0 aliphatic carbocycles. The van der Waals surface area contributed by atoms with E-state index in [1.807, 2.05) is 0 Å². The lowest BCUT2D eigenvalue weighted by Gasteiger charge is -2.27. The predicted octanol–water partition coefficient (Wildman–Crippen LogP) is 3.37. The third-order valence-corrected chi connectivity index (χ3v) is 3.71. The number of anilines is 1. The summed E-state index contributed by atoms with van der Waals surface area (Å²) in [6.07, 6.45) is 5.38. The fraction of sp³-hybridized carbons (Fsp3) is 0.500. The first-order valence-corrected chi connectivity index (χ1v) is 7.04. The molecule has 0 unspecified atom stereocenters. The van der Waals surface area contributed by atoms with E-state index in [-0.39, 0.29) is 16.2 Å². The molecule has 2 N–H and O–H groups in total. The molecule has 2 nitrogen and oxygen atoms in total. The first-order chi connectivity index (χ1) is 9.09. The molecule has 0 atom stereocenters. The molecule has 2 rings (SSSR count). The first kappa shape index (κ1) is 14.2. The summed E-state index contributed by atoms with van der Waals surface area (Å²) in [6, 6.07) is 2.44. The van der Waals surface area contributed by atoms with Gasteiger partial charge in [-0.15, -0.1) is 0 Å². The molecule has 1 aliphatic heterocycles. The van der Waals surface area contributed by atoms with E-state index in [1.54, 1.807) is 4.90 Å². The number of hydrogen-bond acceptors (Lipinski definition) is 2. The maximum Gasteiger partial charge on any atom is 0.150 e. The third kappa shape index (κ3) is 3.41. The molecular formula is C14H18F2N2S. The number of nitrogens with two attached hydrogens (primary N) is 1. The molecule has 0 aromatic heterocycles. The second kappa shape index (κ2) is 6.28. The van der Waals surface area contributed by atoms with E-state index in [0.717, 1.165) is 25.7 Å². The van der Waals surface area contributed by atoms with Gasteiger partial charge in [0, 0.05) is 18.7 Å². The number of nitrogens with zero attached hydrogens (tertiary/aromatic N) is 1. The van der Waals surface area contributed by atoms with Crippen LogP contribution in [-0.2, 0) is 0 Å². The highest BCUT2D eigenvalue weighted by Crippen LogP contribution is 2.27. The Morgan fingerprint density at radius 1 is 1.00 bits per heavy atom. The summed E-state index contributed by atoms with van der Waals surface area (Å²) in [5.41, 5.74) is 5.70. The highest BCUT2D eigenvalue weighted by molar-refractivity contribution is 7.80. The summed E-state index contributed by atoms with van der Waals surface area (Å²) in [6.45, 7) is 1.39. The number of hydrogen-bond donors (Lipinski definition) is 1. The molecule has 1 heterocycles. The third-order valence-electron chi connectivity index (χ3n) is 3.47. The van der Waals surface area contributed by atoms with Crippen LogP contribution in [0.1, 0.15) is 37.7 Å². The van der Waals surface area contributed by atoms with Crippen LogP contribution >= 0.6 is 12.2 Å². The van der Waals surface area contributed by atoms with Crippen molar-refractivity contribution in [2.45, 2.75) is 32.1 Å². The van der Waals surface area contributed by atoms with Crippen molar-refractivity contribution in [3.63, 3.8) is 0 Å². The zero-order valence-corrected chi connectivity index (χ0v) is 11.6. The average molecular weight is 284 g/mol. The molecule has 0 amide bonds. The molecule has 1 aromatic carbocycles. The lowest BCUT2D eigenvalue weighted by Crippen LogP contribution is -2.29. The molecule has 1 aliphatic rings. The smallest absolute Gasteiger partial charge is 0.150 e. The Hall–Kier alpha value is -1.23. The minimum absolute atomic E-state index is 0.0111. The van der Waals surface area contributed by atoms with E-state index in [2.05, 4.69) is 0 Å². The molecular weight excluding hydrogens is 266 g/mol. The maximum atomic E-state index is 14.1. The van der Waals surface area contributed by atoms with Crippen molar-refractivity contribution in [1.82, 2.24) is 0 Å². The Morgan fingerprint density at radius 3 is 1.95 bits per heavy atom. The van der Waals surface area contributed by atoms with Crippen molar-refractivity contribution >= 4 is 22.9 Å². The second-order valence-electron chi connectivity index (χ2n) is 4.91. The number of rotatable bonds is 2. The minimum Gasteiger partial charge on any atom is -0.389 e. The van der Waals surface area contributed by atoms with Crippen LogP contribution in [0.25, 0.3) is 0 Å². The van der Waals surface area contributed by atoms with Crippen LogP contribution in [0.5, 0.6) is 0 Å². The largest absolute Gasteiger partial charge is 0.389 e. The van der Waals surface area contributed by atoms with Crippen molar-refractivity contribution in [2.75, 3.05) is 18.0 Å². The normalized spacial score (nSPS) is 16.8. The molecule has 5 heteroatoms. The Labute approximate surface area is 117 Å². The molecule has 0 bridgehead atoms. The van der Waals surface area contributed by atoms with E-state index in [0.29, 0.717) is 13.1 Å². The second-order valence-corrected chi connectivity index (χ2v) is 5.35. The van der Waals surface area contributed by atoms with Gasteiger partial charge in [-0.05, 0) is 25.0 Å². The number of benzene rings is 1. The minimum atomic E-state index is -0.580. The molecule has 1 saturated heterocycles. The van der Waals surface area contributed by atoms with Gasteiger partial charge in [-0.25, -0.2) is 8.78 Å². The van der Waals surface area contributed by atoms with Crippen LogP contribution in [0, 0.1) is 11.6 Å². The highest BCUT2D eigenvalue weighted by Gasteiger charge is 2.19. The summed E-state index contributed by atoms with van der Waals surface area (Å²) in [4.78, 5) is 1.81. The standard InChI is InChI=1S/C14H18F2N2S/c15-11-8-10(14(17)19)9-12(16)13(11)18-6-4-2-1-3-5-7-18/h8-9H,1-7H2,(H2,17,19). The summed E-state index contributed by atoms with van der Waals surface area (Å²) in [7, 11) is 0. The molecule has 0 radical (unpaired) electrons. The van der Waals surface area contributed by atoms with Crippen molar-refractivity contribution in [3.05, 3.63) is 29.3 Å².